The van der Waals surface area contributed by atoms with Crippen LogP contribution in [0.2, 0.25) is 0 Å². The summed E-state index contributed by atoms with van der Waals surface area (Å²) in [6.07, 6.45) is 4.95. The maximum atomic E-state index is 5.64. The average Bonchev–Trinajstić information content (AvgIpc) is 2.46. The smallest absolute Gasteiger partial charge is 0.0860 e. The number of nitrogen functional groups attached to an aromatic ring is 1. The minimum Gasteiger partial charge on any atom is -0.399 e. The molecule has 1 aliphatic carbocycles. The number of anilines is 1. The van der Waals surface area contributed by atoms with Crippen molar-refractivity contribution in [1.82, 2.24) is 0 Å². The Hall–Kier alpha value is -2.16. The minimum absolute atomic E-state index is 0.743. The molecule has 2 N–H and O–H groups in total. The molecule has 0 heterocycles. The van der Waals surface area contributed by atoms with Crippen molar-refractivity contribution < 1.29 is 0 Å². The number of rotatable bonds is 2. The lowest BCUT2D eigenvalue weighted by Crippen LogP contribution is -2.01. The van der Waals surface area contributed by atoms with Crippen LogP contribution >= 0.6 is 0 Å². The molecule has 0 saturated heterocycles. The fourth-order valence-corrected chi connectivity index (χ4v) is 2.44. The van der Waals surface area contributed by atoms with Gasteiger partial charge in [-0.25, -0.2) is 0 Å². The predicted octanol–water partition coefficient (Wildman–Crippen LogP) is 4.56. The van der Waals surface area contributed by atoms with Gasteiger partial charge in [0, 0.05) is 5.69 Å². The fraction of sp³-hybridized carbons (Fsp3) is 0.250. The number of hydrogen-bond donors (Lipinski definition) is 1. The summed E-state index contributed by atoms with van der Waals surface area (Å²) in [5.41, 5.74) is 11.0. The van der Waals surface area contributed by atoms with Crippen LogP contribution in [0.3, 0.4) is 0 Å². The Labute approximate surface area is 113 Å². The zero-order valence-corrected chi connectivity index (χ0v) is 10.8. The van der Waals surface area contributed by atoms with Crippen molar-refractivity contribution in [2.75, 3.05) is 5.73 Å². The molecule has 1 aliphatic rings. The summed E-state index contributed by atoms with van der Waals surface area (Å²) in [6.45, 7) is 0. The molecule has 0 fully saturated rings. The highest BCUT2D eigenvalue weighted by molar-refractivity contribution is 5.49. The summed E-state index contributed by atoms with van der Waals surface area (Å²) in [6, 6.07) is 13.8. The third-order valence-electron chi connectivity index (χ3n) is 3.51. The van der Waals surface area contributed by atoms with Gasteiger partial charge in [-0.3, -0.25) is 0 Å². The van der Waals surface area contributed by atoms with E-state index >= 15 is 0 Å². The Balaban J connectivity index is 1.81. The van der Waals surface area contributed by atoms with E-state index < -0.39 is 0 Å². The highest BCUT2D eigenvalue weighted by Gasteiger charge is 2.08. The molecule has 2 aromatic rings. The van der Waals surface area contributed by atoms with E-state index in [0.29, 0.717) is 0 Å². The summed E-state index contributed by atoms with van der Waals surface area (Å²) in [5, 5.41) is 8.53. The lowest BCUT2D eigenvalue weighted by molar-refractivity contribution is 0.685. The van der Waals surface area contributed by atoms with Gasteiger partial charge in [0.1, 0.15) is 0 Å². The monoisotopic (exact) mass is 251 g/mol. The highest BCUT2D eigenvalue weighted by atomic mass is 15.1. The Morgan fingerprint density at radius 2 is 1.37 bits per heavy atom. The number of hydrogen-bond acceptors (Lipinski definition) is 3. The summed E-state index contributed by atoms with van der Waals surface area (Å²) < 4.78 is 0. The molecule has 0 spiro atoms. The first kappa shape index (κ1) is 11.9. The highest BCUT2D eigenvalue weighted by Crippen LogP contribution is 2.26. The number of azo groups is 1. The molecule has 0 atom stereocenters. The van der Waals surface area contributed by atoms with Crippen molar-refractivity contribution in [2.24, 2.45) is 10.2 Å². The normalized spacial score (nSPS) is 14.5. The van der Waals surface area contributed by atoms with Crippen molar-refractivity contribution >= 4 is 17.1 Å². The van der Waals surface area contributed by atoms with E-state index in [1.165, 1.54) is 36.8 Å². The molecular weight excluding hydrogens is 234 g/mol. The van der Waals surface area contributed by atoms with Crippen LogP contribution in [0.5, 0.6) is 0 Å². The molecule has 0 saturated carbocycles. The van der Waals surface area contributed by atoms with Crippen molar-refractivity contribution in [2.45, 2.75) is 25.7 Å². The maximum absolute atomic E-state index is 5.64. The van der Waals surface area contributed by atoms with E-state index in [2.05, 4.69) is 22.4 Å². The second-order valence-corrected chi connectivity index (χ2v) is 4.95. The number of fused-ring (bicyclic) bond motifs is 1. The van der Waals surface area contributed by atoms with Crippen LogP contribution in [0.25, 0.3) is 0 Å². The standard InChI is InChI=1S/C16H17N3/c17-14-6-9-15(10-7-14)18-19-16-8-5-12-3-1-2-4-13(12)11-16/h5-11H,1-4,17H2. The van der Waals surface area contributed by atoms with Crippen LogP contribution in [-0.4, -0.2) is 0 Å². The first-order chi connectivity index (χ1) is 9.31. The van der Waals surface area contributed by atoms with Crippen molar-refractivity contribution in [3.63, 3.8) is 0 Å². The number of nitrogens with zero attached hydrogens (tertiary/aromatic N) is 2. The van der Waals surface area contributed by atoms with Gasteiger partial charge in [0.25, 0.3) is 0 Å². The Morgan fingerprint density at radius 3 is 2.16 bits per heavy atom. The molecule has 0 aromatic heterocycles. The van der Waals surface area contributed by atoms with Crippen LogP contribution in [0.4, 0.5) is 17.1 Å². The minimum atomic E-state index is 0.743. The Bertz CT molecular complexity index is 600. The molecule has 3 heteroatoms. The van der Waals surface area contributed by atoms with Gasteiger partial charge in [0.15, 0.2) is 0 Å². The number of benzene rings is 2. The van der Waals surface area contributed by atoms with Gasteiger partial charge in [-0.15, -0.1) is 0 Å². The number of nitrogens with two attached hydrogens (primary N) is 1. The fourth-order valence-electron chi connectivity index (χ4n) is 2.44. The van der Waals surface area contributed by atoms with Gasteiger partial charge in [-0.1, -0.05) is 6.07 Å². The topological polar surface area (TPSA) is 50.7 Å². The van der Waals surface area contributed by atoms with E-state index in [1.807, 2.05) is 30.3 Å². The first-order valence-corrected chi connectivity index (χ1v) is 6.70. The van der Waals surface area contributed by atoms with Gasteiger partial charge in [0.2, 0.25) is 0 Å². The molecule has 2 aromatic carbocycles. The zero-order valence-electron chi connectivity index (χ0n) is 10.8. The van der Waals surface area contributed by atoms with Crippen LogP contribution in [0.15, 0.2) is 52.7 Å². The van der Waals surface area contributed by atoms with Crippen LogP contribution in [-0.2, 0) is 12.8 Å². The summed E-state index contributed by atoms with van der Waals surface area (Å²) in [4.78, 5) is 0. The second kappa shape index (κ2) is 5.22. The lowest BCUT2D eigenvalue weighted by Gasteiger charge is -2.15. The Kier molecular flexibility index (Phi) is 3.27. The SMILES string of the molecule is Nc1ccc(N=Nc2ccc3c(c2)CCCC3)cc1. The van der Waals surface area contributed by atoms with Crippen molar-refractivity contribution in [3.05, 3.63) is 53.6 Å². The summed E-state index contributed by atoms with van der Waals surface area (Å²) in [5.74, 6) is 0. The van der Waals surface area contributed by atoms with E-state index in [0.717, 1.165) is 17.1 Å². The van der Waals surface area contributed by atoms with E-state index in [9.17, 15) is 0 Å². The molecule has 3 nitrogen and oxygen atoms in total. The first-order valence-electron chi connectivity index (χ1n) is 6.70. The largest absolute Gasteiger partial charge is 0.399 e. The van der Waals surface area contributed by atoms with Crippen molar-refractivity contribution in [1.29, 1.82) is 0 Å². The molecule has 96 valence electrons. The molecule has 0 unspecified atom stereocenters. The molecule has 19 heavy (non-hydrogen) atoms. The quantitative estimate of drug-likeness (QED) is 0.617. The molecule has 3 rings (SSSR count). The summed E-state index contributed by atoms with van der Waals surface area (Å²) in [7, 11) is 0. The van der Waals surface area contributed by atoms with Crippen LogP contribution in [0, 0.1) is 0 Å². The van der Waals surface area contributed by atoms with Gasteiger partial charge in [-0.2, -0.15) is 10.2 Å². The van der Waals surface area contributed by atoms with Gasteiger partial charge >= 0.3 is 0 Å². The van der Waals surface area contributed by atoms with E-state index in [4.69, 9.17) is 5.73 Å². The summed E-state index contributed by atoms with van der Waals surface area (Å²) >= 11 is 0. The van der Waals surface area contributed by atoms with E-state index in [1.54, 1.807) is 0 Å². The second-order valence-electron chi connectivity index (χ2n) is 4.95. The predicted molar refractivity (Wildman–Crippen MR) is 78.1 cm³/mol. The number of aryl methyl sites for hydroxylation is 2. The third kappa shape index (κ3) is 2.81. The zero-order chi connectivity index (χ0) is 13.1. The third-order valence-corrected chi connectivity index (χ3v) is 3.51. The molecule has 0 radical (unpaired) electrons. The lowest BCUT2D eigenvalue weighted by atomic mass is 9.91. The van der Waals surface area contributed by atoms with Gasteiger partial charge in [-0.05, 0) is 73.2 Å². The maximum Gasteiger partial charge on any atom is 0.0860 e. The van der Waals surface area contributed by atoms with Crippen molar-refractivity contribution in [3.8, 4) is 0 Å². The Morgan fingerprint density at radius 1 is 0.737 bits per heavy atom. The average molecular weight is 251 g/mol. The van der Waals surface area contributed by atoms with Gasteiger partial charge in [0.05, 0.1) is 11.4 Å². The molecule has 0 aliphatic heterocycles. The van der Waals surface area contributed by atoms with Gasteiger partial charge < -0.3 is 5.73 Å². The van der Waals surface area contributed by atoms with Crippen LogP contribution in [0.1, 0.15) is 24.0 Å². The molecule has 0 amide bonds. The van der Waals surface area contributed by atoms with Crippen LogP contribution < -0.4 is 5.73 Å². The molecule has 0 bridgehead atoms. The van der Waals surface area contributed by atoms with E-state index in [-0.39, 0.29) is 0 Å². The molecular formula is C16H17N3.